The molecule has 2 amide bonds. The number of likely N-dealkylation sites (N-methyl/N-ethyl adjacent to an activating group) is 1. The number of rotatable bonds is 5. The van der Waals surface area contributed by atoms with E-state index in [0.29, 0.717) is 36.6 Å². The molecule has 1 N–H and O–H groups in total. The van der Waals surface area contributed by atoms with Gasteiger partial charge in [0.15, 0.2) is 0 Å². The number of benzene rings is 1. The first-order valence-electron chi connectivity index (χ1n) is 10.9. The Balaban J connectivity index is 2.40. The monoisotopic (exact) mass is 419 g/mol. The van der Waals surface area contributed by atoms with Gasteiger partial charge in [0.1, 0.15) is 12.4 Å². The summed E-state index contributed by atoms with van der Waals surface area (Å²) in [5.41, 5.74) is 1.12. The maximum Gasteiger partial charge on any atom is 0.257 e. The van der Waals surface area contributed by atoms with Crippen LogP contribution < -0.4 is 10.1 Å². The number of nitrogens with zero attached hydrogens (tertiary/aromatic N) is 2. The lowest BCUT2D eigenvalue weighted by Crippen LogP contribution is -2.46. The highest BCUT2D eigenvalue weighted by molar-refractivity contribution is 5.98. The Morgan fingerprint density at radius 1 is 1.27 bits per heavy atom. The van der Waals surface area contributed by atoms with E-state index >= 15 is 0 Å². The molecule has 0 spiro atoms. The molecule has 168 valence electrons. The molecule has 7 heteroatoms. The van der Waals surface area contributed by atoms with Gasteiger partial charge in [0.05, 0.1) is 11.7 Å². The van der Waals surface area contributed by atoms with E-state index in [0.717, 1.165) is 19.5 Å². The number of fused-ring (bicyclic) bond motifs is 1. The van der Waals surface area contributed by atoms with Gasteiger partial charge in [0, 0.05) is 51.5 Å². The van der Waals surface area contributed by atoms with Gasteiger partial charge in [-0.2, -0.15) is 0 Å². The molecule has 1 aliphatic rings. The van der Waals surface area contributed by atoms with Gasteiger partial charge in [-0.15, -0.1) is 0 Å². The maximum absolute atomic E-state index is 13.2. The zero-order valence-corrected chi connectivity index (χ0v) is 19.2. The number of hydrogen-bond acceptors (Lipinski definition) is 5. The third-order valence-corrected chi connectivity index (χ3v) is 5.69. The molecule has 1 aromatic carbocycles. The van der Waals surface area contributed by atoms with Crippen molar-refractivity contribution in [2.75, 3.05) is 45.7 Å². The van der Waals surface area contributed by atoms with E-state index in [2.05, 4.69) is 31.0 Å². The molecule has 1 aliphatic heterocycles. The largest absolute Gasteiger partial charge is 0.491 e. The standard InChI is InChI=1S/C23H37N3O4/c1-7-11-26-13-16(3)21(29-6)14-25(5)23(28)19-10-9-18(24-22(27)8-2)12-20(19)30-15-17(26)4/h9-10,12,16-17,21H,7-8,11,13-15H2,1-6H3,(H,24,27)/t16-,17+,21+/m1/s1. The molecule has 0 aliphatic carbocycles. The first-order chi connectivity index (χ1) is 14.3. The fraction of sp³-hybridized carbons (Fsp3) is 0.652. The number of carbonyl (C=O) groups is 2. The quantitative estimate of drug-likeness (QED) is 0.793. The number of anilines is 1. The molecule has 1 heterocycles. The summed E-state index contributed by atoms with van der Waals surface area (Å²) in [7, 11) is 3.49. The molecule has 7 nitrogen and oxygen atoms in total. The summed E-state index contributed by atoms with van der Waals surface area (Å²) < 4.78 is 11.9. The van der Waals surface area contributed by atoms with Crippen molar-refractivity contribution in [3.63, 3.8) is 0 Å². The van der Waals surface area contributed by atoms with Crippen molar-refractivity contribution in [1.82, 2.24) is 9.80 Å². The summed E-state index contributed by atoms with van der Waals surface area (Å²) in [6.07, 6.45) is 1.38. The fourth-order valence-corrected chi connectivity index (χ4v) is 3.77. The van der Waals surface area contributed by atoms with Gasteiger partial charge in [-0.25, -0.2) is 0 Å². The van der Waals surface area contributed by atoms with Crippen molar-refractivity contribution in [2.45, 2.75) is 52.7 Å². The summed E-state index contributed by atoms with van der Waals surface area (Å²) in [5, 5.41) is 2.84. The number of nitrogens with one attached hydrogen (secondary N) is 1. The van der Waals surface area contributed by atoms with Crippen molar-refractivity contribution in [3.05, 3.63) is 23.8 Å². The van der Waals surface area contributed by atoms with Crippen LogP contribution in [0.2, 0.25) is 0 Å². The van der Waals surface area contributed by atoms with Crippen molar-refractivity contribution in [3.8, 4) is 5.75 Å². The van der Waals surface area contributed by atoms with Crippen LogP contribution in [0.3, 0.4) is 0 Å². The molecule has 1 aromatic rings. The Kier molecular flexibility index (Phi) is 9.11. The maximum atomic E-state index is 13.2. The van der Waals surface area contributed by atoms with Gasteiger partial charge in [-0.1, -0.05) is 20.8 Å². The van der Waals surface area contributed by atoms with Crippen LogP contribution >= 0.6 is 0 Å². The van der Waals surface area contributed by atoms with Crippen molar-refractivity contribution in [2.24, 2.45) is 5.92 Å². The number of methoxy groups -OCH3 is 1. The number of ether oxygens (including phenoxy) is 2. The zero-order chi connectivity index (χ0) is 22.3. The second-order valence-electron chi connectivity index (χ2n) is 8.20. The second kappa shape index (κ2) is 11.3. The molecule has 0 aromatic heterocycles. The van der Waals surface area contributed by atoms with E-state index in [4.69, 9.17) is 9.47 Å². The number of amides is 2. The Bertz CT molecular complexity index is 724. The molecule has 3 atom stereocenters. The Hall–Kier alpha value is -2.12. The summed E-state index contributed by atoms with van der Waals surface area (Å²) in [6.45, 7) is 11.1. The van der Waals surface area contributed by atoms with Gasteiger partial charge in [0.25, 0.3) is 5.91 Å². The lowest BCUT2D eigenvalue weighted by Gasteiger charge is -2.35. The van der Waals surface area contributed by atoms with Crippen LogP contribution in [0.1, 0.15) is 50.9 Å². The number of carbonyl (C=O) groups excluding carboxylic acids is 2. The lowest BCUT2D eigenvalue weighted by atomic mass is 10.0. The van der Waals surface area contributed by atoms with Crippen molar-refractivity contribution >= 4 is 17.5 Å². The first-order valence-corrected chi connectivity index (χ1v) is 10.9. The topological polar surface area (TPSA) is 71.1 Å². The molecule has 0 saturated heterocycles. The lowest BCUT2D eigenvalue weighted by molar-refractivity contribution is -0.115. The van der Waals surface area contributed by atoms with Gasteiger partial charge >= 0.3 is 0 Å². The average molecular weight is 420 g/mol. The molecule has 30 heavy (non-hydrogen) atoms. The van der Waals surface area contributed by atoms with E-state index in [9.17, 15) is 9.59 Å². The van der Waals surface area contributed by atoms with Crippen molar-refractivity contribution in [1.29, 1.82) is 0 Å². The normalized spacial score (nSPS) is 23.7. The SMILES string of the molecule is CCCN1C[C@@H](C)[C@@H](OC)CN(C)C(=O)c2ccc(NC(=O)CC)cc2OC[C@@H]1C. The summed E-state index contributed by atoms with van der Waals surface area (Å²) >= 11 is 0. The molecule has 2 rings (SSSR count). The Morgan fingerprint density at radius 2 is 2.00 bits per heavy atom. The number of hydrogen-bond donors (Lipinski definition) is 1. The minimum atomic E-state index is -0.119. The van der Waals surface area contributed by atoms with E-state index < -0.39 is 0 Å². The molecular formula is C23H37N3O4. The first kappa shape index (κ1) is 24.2. The van der Waals surface area contributed by atoms with E-state index in [1.165, 1.54) is 0 Å². The van der Waals surface area contributed by atoms with Crippen LogP contribution in [0.4, 0.5) is 5.69 Å². The minimum absolute atomic E-state index is 0.0579. The van der Waals surface area contributed by atoms with Crippen molar-refractivity contribution < 1.29 is 19.1 Å². The van der Waals surface area contributed by atoms with E-state index in [1.807, 2.05) is 0 Å². The summed E-state index contributed by atoms with van der Waals surface area (Å²) in [6, 6.07) is 5.40. The van der Waals surface area contributed by atoms with Gasteiger partial charge < -0.3 is 19.7 Å². The molecule has 0 fully saturated rings. The van der Waals surface area contributed by atoms with Crippen LogP contribution in [0.15, 0.2) is 18.2 Å². The molecule has 0 radical (unpaired) electrons. The Morgan fingerprint density at radius 3 is 2.63 bits per heavy atom. The van der Waals surface area contributed by atoms with Crippen LogP contribution in [-0.2, 0) is 9.53 Å². The average Bonchev–Trinajstić information content (AvgIpc) is 2.73. The third kappa shape index (κ3) is 6.19. The fourth-order valence-electron chi connectivity index (χ4n) is 3.77. The molecule has 0 bridgehead atoms. The predicted molar refractivity (Wildman–Crippen MR) is 119 cm³/mol. The van der Waals surface area contributed by atoms with Gasteiger partial charge in [-0.3, -0.25) is 14.5 Å². The summed E-state index contributed by atoms with van der Waals surface area (Å²) in [5.74, 6) is 0.564. The zero-order valence-electron chi connectivity index (χ0n) is 19.2. The molecule has 0 saturated carbocycles. The highest BCUT2D eigenvalue weighted by Gasteiger charge is 2.28. The van der Waals surface area contributed by atoms with Crippen LogP contribution in [0.5, 0.6) is 5.75 Å². The van der Waals surface area contributed by atoms with Crippen LogP contribution in [0.25, 0.3) is 0 Å². The van der Waals surface area contributed by atoms with Crippen LogP contribution in [0, 0.1) is 5.92 Å². The second-order valence-corrected chi connectivity index (χ2v) is 8.20. The predicted octanol–water partition coefficient (Wildman–Crippen LogP) is 3.25. The Labute approximate surface area is 180 Å². The van der Waals surface area contributed by atoms with E-state index in [-0.39, 0.29) is 29.9 Å². The third-order valence-electron chi connectivity index (χ3n) is 5.69. The molecule has 0 unspecified atom stereocenters. The molecular weight excluding hydrogens is 382 g/mol. The smallest absolute Gasteiger partial charge is 0.257 e. The van der Waals surface area contributed by atoms with Gasteiger partial charge in [0.2, 0.25) is 5.91 Å². The van der Waals surface area contributed by atoms with E-state index in [1.54, 1.807) is 44.2 Å². The van der Waals surface area contributed by atoms with Crippen LogP contribution in [-0.4, -0.2) is 74.2 Å². The highest BCUT2D eigenvalue weighted by Crippen LogP contribution is 2.27. The highest BCUT2D eigenvalue weighted by atomic mass is 16.5. The summed E-state index contributed by atoms with van der Waals surface area (Å²) in [4.78, 5) is 29.0. The minimum Gasteiger partial charge on any atom is -0.491 e. The van der Waals surface area contributed by atoms with Gasteiger partial charge in [-0.05, 0) is 37.9 Å².